The molecule has 2 fully saturated rings. The summed E-state index contributed by atoms with van der Waals surface area (Å²) in [6.45, 7) is 7.91. The lowest BCUT2D eigenvalue weighted by Crippen LogP contribution is -2.37. The molecule has 2 aromatic heterocycles. The molecule has 2 aliphatic heterocycles. The summed E-state index contributed by atoms with van der Waals surface area (Å²) in [6, 6.07) is 4.62. The van der Waals surface area contributed by atoms with Crippen LogP contribution in [0, 0.1) is 0 Å². The maximum absolute atomic E-state index is 4.96. The van der Waals surface area contributed by atoms with Gasteiger partial charge in [0.15, 0.2) is 5.65 Å². The summed E-state index contributed by atoms with van der Waals surface area (Å²) in [7, 11) is 0. The van der Waals surface area contributed by atoms with Crippen molar-refractivity contribution in [3.05, 3.63) is 24.2 Å². The highest BCUT2D eigenvalue weighted by molar-refractivity contribution is 5.71. The number of nitrogens with zero attached hydrogens (tertiary/aromatic N) is 4. The molecule has 0 spiro atoms. The predicted molar refractivity (Wildman–Crippen MR) is 88.1 cm³/mol. The van der Waals surface area contributed by atoms with Crippen LogP contribution in [-0.2, 0) is 0 Å². The van der Waals surface area contributed by atoms with E-state index < -0.39 is 0 Å². The van der Waals surface area contributed by atoms with E-state index in [2.05, 4.69) is 32.8 Å². The lowest BCUT2D eigenvalue weighted by molar-refractivity contribution is 0.184. The third-order valence-electron chi connectivity index (χ3n) is 5.19. The van der Waals surface area contributed by atoms with Gasteiger partial charge in [0, 0.05) is 31.2 Å². The van der Waals surface area contributed by atoms with Gasteiger partial charge in [-0.05, 0) is 51.0 Å². The summed E-state index contributed by atoms with van der Waals surface area (Å²) < 4.78 is 2.47. The van der Waals surface area contributed by atoms with Crippen LogP contribution in [0.4, 0.5) is 0 Å². The average molecular weight is 299 g/mol. The molecular formula is C17H25N5. The van der Waals surface area contributed by atoms with Crippen LogP contribution in [0.15, 0.2) is 18.3 Å². The number of fused-ring (bicyclic) bond motifs is 1. The van der Waals surface area contributed by atoms with E-state index in [1.54, 1.807) is 0 Å². The highest BCUT2D eigenvalue weighted by Crippen LogP contribution is 2.32. The fourth-order valence-corrected chi connectivity index (χ4v) is 4.00. The molecule has 5 nitrogen and oxygen atoms in total. The van der Waals surface area contributed by atoms with Crippen molar-refractivity contribution in [2.75, 3.05) is 32.7 Å². The van der Waals surface area contributed by atoms with Crippen LogP contribution in [0.25, 0.3) is 11.2 Å². The fraction of sp³-hybridized carbons (Fsp3) is 0.647. The SMILES string of the molecule is CCN1CCCC(n2c(C3CCNC3)nc3cccnc32)C1. The molecule has 22 heavy (non-hydrogen) atoms. The maximum atomic E-state index is 4.96. The molecule has 1 N–H and O–H groups in total. The fourth-order valence-electron chi connectivity index (χ4n) is 4.00. The number of likely N-dealkylation sites (tertiary alicyclic amines) is 1. The van der Waals surface area contributed by atoms with Crippen LogP contribution >= 0.6 is 0 Å². The van der Waals surface area contributed by atoms with Gasteiger partial charge in [0.1, 0.15) is 11.3 Å². The van der Waals surface area contributed by atoms with E-state index in [1.165, 1.54) is 31.6 Å². The zero-order valence-electron chi connectivity index (χ0n) is 13.3. The second-order valence-electron chi connectivity index (χ2n) is 6.57. The van der Waals surface area contributed by atoms with Crippen LogP contribution in [-0.4, -0.2) is 52.2 Å². The molecule has 0 bridgehead atoms. The van der Waals surface area contributed by atoms with Gasteiger partial charge < -0.3 is 14.8 Å². The second kappa shape index (κ2) is 5.97. The van der Waals surface area contributed by atoms with Crippen LogP contribution in [0.1, 0.15) is 44.0 Å². The van der Waals surface area contributed by atoms with Crippen molar-refractivity contribution in [1.82, 2.24) is 24.8 Å². The minimum absolute atomic E-state index is 0.518. The Morgan fingerprint density at radius 2 is 2.32 bits per heavy atom. The second-order valence-corrected chi connectivity index (χ2v) is 6.57. The van der Waals surface area contributed by atoms with Gasteiger partial charge in [0.25, 0.3) is 0 Å². The number of pyridine rings is 1. The number of piperidine rings is 1. The molecule has 0 amide bonds. The summed E-state index contributed by atoms with van der Waals surface area (Å²) in [5, 5.41) is 3.48. The highest BCUT2D eigenvalue weighted by Gasteiger charge is 2.29. The molecule has 118 valence electrons. The van der Waals surface area contributed by atoms with E-state index in [1.807, 2.05) is 12.3 Å². The topological polar surface area (TPSA) is 46.0 Å². The molecule has 0 aromatic carbocycles. The average Bonchev–Trinajstić information content (AvgIpc) is 3.22. The number of aromatic nitrogens is 3. The molecule has 0 radical (unpaired) electrons. The molecule has 2 saturated heterocycles. The minimum atomic E-state index is 0.518. The van der Waals surface area contributed by atoms with Gasteiger partial charge >= 0.3 is 0 Å². The van der Waals surface area contributed by atoms with Gasteiger partial charge in [-0.15, -0.1) is 0 Å². The third kappa shape index (κ3) is 2.42. The molecule has 0 saturated carbocycles. The van der Waals surface area contributed by atoms with E-state index in [4.69, 9.17) is 4.98 Å². The normalized spacial score (nSPS) is 26.8. The summed E-state index contributed by atoms with van der Waals surface area (Å²) in [6.07, 6.45) is 5.60. The Bertz CT molecular complexity index is 644. The van der Waals surface area contributed by atoms with Gasteiger partial charge in [0.2, 0.25) is 0 Å². The van der Waals surface area contributed by atoms with Gasteiger partial charge in [0.05, 0.1) is 0 Å². The molecule has 0 aliphatic carbocycles. The molecule has 4 heterocycles. The number of likely N-dealkylation sites (N-methyl/N-ethyl adjacent to an activating group) is 1. The zero-order chi connectivity index (χ0) is 14.9. The van der Waals surface area contributed by atoms with E-state index in [0.717, 1.165) is 37.3 Å². The first-order chi connectivity index (χ1) is 10.9. The molecule has 5 heteroatoms. The number of nitrogens with one attached hydrogen (secondary N) is 1. The zero-order valence-corrected chi connectivity index (χ0v) is 13.3. The van der Waals surface area contributed by atoms with Crippen molar-refractivity contribution >= 4 is 11.2 Å². The van der Waals surface area contributed by atoms with Crippen molar-refractivity contribution in [1.29, 1.82) is 0 Å². The standard InChI is InChI=1S/C17H25N5/c1-2-21-10-4-5-14(12-21)22-16(13-7-9-18-11-13)20-15-6-3-8-19-17(15)22/h3,6,8,13-14,18H,2,4-5,7,9-12H2,1H3. The van der Waals surface area contributed by atoms with E-state index in [9.17, 15) is 0 Å². The smallest absolute Gasteiger partial charge is 0.160 e. The van der Waals surface area contributed by atoms with Gasteiger partial charge in [-0.3, -0.25) is 0 Å². The minimum Gasteiger partial charge on any atom is -0.316 e. The van der Waals surface area contributed by atoms with Crippen LogP contribution in [0.5, 0.6) is 0 Å². The lowest BCUT2D eigenvalue weighted by atomic mass is 10.0. The Morgan fingerprint density at radius 3 is 3.14 bits per heavy atom. The molecule has 4 rings (SSSR count). The largest absolute Gasteiger partial charge is 0.316 e. The van der Waals surface area contributed by atoms with Crippen molar-refractivity contribution in [3.8, 4) is 0 Å². The Hall–Kier alpha value is -1.46. The number of rotatable bonds is 3. The first-order valence-corrected chi connectivity index (χ1v) is 8.62. The maximum Gasteiger partial charge on any atom is 0.160 e. The summed E-state index contributed by atoms with van der Waals surface area (Å²) in [5.41, 5.74) is 2.13. The summed E-state index contributed by atoms with van der Waals surface area (Å²) in [4.78, 5) is 12.2. The Morgan fingerprint density at radius 1 is 1.36 bits per heavy atom. The predicted octanol–water partition coefficient (Wildman–Crippen LogP) is 2.17. The molecule has 2 aromatic rings. The van der Waals surface area contributed by atoms with Crippen LogP contribution < -0.4 is 5.32 Å². The molecule has 2 aliphatic rings. The molecule has 2 unspecified atom stereocenters. The third-order valence-corrected chi connectivity index (χ3v) is 5.19. The van der Waals surface area contributed by atoms with E-state index in [0.29, 0.717) is 12.0 Å². The number of imidazole rings is 1. The molecular weight excluding hydrogens is 274 g/mol. The highest BCUT2D eigenvalue weighted by atomic mass is 15.2. The van der Waals surface area contributed by atoms with Crippen molar-refractivity contribution in [2.45, 2.75) is 38.1 Å². The monoisotopic (exact) mass is 299 g/mol. The van der Waals surface area contributed by atoms with Gasteiger partial charge in [-0.25, -0.2) is 9.97 Å². The van der Waals surface area contributed by atoms with E-state index in [-0.39, 0.29) is 0 Å². The van der Waals surface area contributed by atoms with Crippen molar-refractivity contribution in [2.24, 2.45) is 0 Å². The Balaban J connectivity index is 1.78. The quantitative estimate of drug-likeness (QED) is 0.943. The van der Waals surface area contributed by atoms with Crippen molar-refractivity contribution < 1.29 is 0 Å². The van der Waals surface area contributed by atoms with Gasteiger partial charge in [-0.2, -0.15) is 0 Å². The molecule has 2 atom stereocenters. The first kappa shape index (κ1) is 14.2. The van der Waals surface area contributed by atoms with Crippen LogP contribution in [0.2, 0.25) is 0 Å². The Labute approximate surface area is 131 Å². The number of hydrogen-bond donors (Lipinski definition) is 1. The summed E-state index contributed by atoms with van der Waals surface area (Å²) in [5.74, 6) is 1.79. The number of hydrogen-bond acceptors (Lipinski definition) is 4. The van der Waals surface area contributed by atoms with Crippen LogP contribution in [0.3, 0.4) is 0 Å². The first-order valence-electron chi connectivity index (χ1n) is 8.62. The van der Waals surface area contributed by atoms with E-state index >= 15 is 0 Å². The summed E-state index contributed by atoms with van der Waals surface area (Å²) >= 11 is 0. The lowest BCUT2D eigenvalue weighted by Gasteiger charge is -2.34. The Kier molecular flexibility index (Phi) is 3.84. The van der Waals surface area contributed by atoms with Gasteiger partial charge in [-0.1, -0.05) is 6.92 Å². The van der Waals surface area contributed by atoms with Crippen molar-refractivity contribution in [3.63, 3.8) is 0 Å².